The van der Waals surface area contributed by atoms with Crippen LogP contribution >= 0.6 is 11.6 Å². The van der Waals surface area contributed by atoms with Crippen molar-refractivity contribution in [2.45, 2.75) is 50.7 Å². The highest BCUT2D eigenvalue weighted by Gasteiger charge is 2.27. The van der Waals surface area contributed by atoms with E-state index in [-0.39, 0.29) is 23.2 Å². The highest BCUT2D eigenvalue weighted by molar-refractivity contribution is 6.31. The van der Waals surface area contributed by atoms with Crippen LogP contribution < -0.4 is 14.8 Å². The quantitative estimate of drug-likeness (QED) is 0.324. The molecule has 3 fully saturated rings. The van der Waals surface area contributed by atoms with E-state index in [0.29, 0.717) is 41.5 Å². The summed E-state index contributed by atoms with van der Waals surface area (Å²) in [6.45, 7) is 5.94. The maximum Gasteiger partial charge on any atom is 0.306 e. The van der Waals surface area contributed by atoms with Crippen LogP contribution in [0.1, 0.15) is 38.5 Å². The first-order chi connectivity index (χ1) is 20.0. The van der Waals surface area contributed by atoms with Crippen molar-refractivity contribution < 1.29 is 23.4 Å². The van der Waals surface area contributed by atoms with Gasteiger partial charge < -0.3 is 19.5 Å². The Bertz CT molecular complexity index is 1380. The van der Waals surface area contributed by atoms with Gasteiger partial charge >= 0.3 is 5.97 Å². The van der Waals surface area contributed by atoms with E-state index in [0.717, 1.165) is 76.8 Å². The van der Waals surface area contributed by atoms with Crippen molar-refractivity contribution in [1.29, 1.82) is 0 Å². The average Bonchev–Trinajstić information content (AvgIpc) is 3.64. The number of rotatable bonds is 10. The van der Waals surface area contributed by atoms with Crippen LogP contribution in [-0.4, -0.2) is 83.8 Å². The van der Waals surface area contributed by atoms with Crippen LogP contribution in [0.2, 0.25) is 5.02 Å². The van der Waals surface area contributed by atoms with E-state index in [1.807, 2.05) is 12.1 Å². The third-order valence-electron chi connectivity index (χ3n) is 8.04. The highest BCUT2D eigenvalue weighted by atomic mass is 35.5. The molecule has 1 N–H and O–H groups in total. The number of hydrogen-bond acceptors (Lipinski definition) is 9. The molecule has 1 aliphatic carbocycles. The predicted molar refractivity (Wildman–Crippen MR) is 155 cm³/mol. The fourth-order valence-corrected chi connectivity index (χ4v) is 5.92. The molecule has 0 bridgehead atoms. The summed E-state index contributed by atoms with van der Waals surface area (Å²) in [5.74, 6) is 1.37. The second-order valence-electron chi connectivity index (χ2n) is 11.0. The predicted octanol–water partition coefficient (Wildman–Crippen LogP) is 5.19. The number of esters is 1. The molecule has 9 nitrogen and oxygen atoms in total. The number of carbonyl (C=O) groups is 1. The van der Waals surface area contributed by atoms with Crippen LogP contribution in [0.5, 0.6) is 11.5 Å². The summed E-state index contributed by atoms with van der Waals surface area (Å²) in [6.07, 6.45) is 7.40. The number of piperazine rings is 1. The lowest BCUT2D eigenvalue weighted by Gasteiger charge is -2.35. The number of anilines is 2. The van der Waals surface area contributed by atoms with E-state index in [4.69, 9.17) is 25.8 Å². The van der Waals surface area contributed by atoms with Crippen molar-refractivity contribution in [3.63, 3.8) is 0 Å². The molecule has 0 spiro atoms. The Morgan fingerprint density at radius 3 is 2.59 bits per heavy atom. The highest BCUT2D eigenvalue weighted by Crippen LogP contribution is 2.37. The van der Waals surface area contributed by atoms with Crippen LogP contribution in [0, 0.1) is 5.82 Å². The van der Waals surface area contributed by atoms with Gasteiger partial charge in [0.1, 0.15) is 30.7 Å². The lowest BCUT2D eigenvalue weighted by atomic mass is 10.2. The number of cyclic esters (lactones) is 1. The largest absolute Gasteiger partial charge is 0.488 e. The molecule has 1 atom stereocenters. The zero-order valence-electron chi connectivity index (χ0n) is 23.0. The summed E-state index contributed by atoms with van der Waals surface area (Å²) in [6, 6.07) is 8.31. The van der Waals surface area contributed by atoms with Gasteiger partial charge in [-0.3, -0.25) is 14.6 Å². The third kappa shape index (κ3) is 6.99. The van der Waals surface area contributed by atoms with Gasteiger partial charge in [0.05, 0.1) is 16.6 Å². The molecule has 2 aliphatic heterocycles. The molecule has 1 unspecified atom stereocenters. The van der Waals surface area contributed by atoms with Crippen molar-refractivity contribution in [1.82, 2.24) is 19.8 Å². The number of ether oxygens (including phenoxy) is 3. The SMILES string of the molecule is O=C1CCC(CN2CCN(CCOc3cc4ncnc(Nc5ccc(F)c(Cl)c5)c4cc3OC3CCCC3)CC2)O1. The molecule has 0 radical (unpaired) electrons. The van der Waals surface area contributed by atoms with Crippen LogP contribution in [0.25, 0.3) is 10.9 Å². The summed E-state index contributed by atoms with van der Waals surface area (Å²) in [4.78, 5) is 25.1. The minimum atomic E-state index is -0.475. The molecule has 1 saturated carbocycles. The Balaban J connectivity index is 1.12. The fourth-order valence-electron chi connectivity index (χ4n) is 5.74. The minimum absolute atomic E-state index is 0.0371. The summed E-state index contributed by atoms with van der Waals surface area (Å²) >= 11 is 5.98. The molecule has 41 heavy (non-hydrogen) atoms. The molecule has 0 amide bonds. The second kappa shape index (κ2) is 12.8. The molecule has 11 heteroatoms. The molecule has 1 aromatic heterocycles. The van der Waals surface area contributed by atoms with Gasteiger partial charge in [0, 0.05) is 62.8 Å². The number of fused-ring (bicyclic) bond motifs is 1. The average molecular weight is 584 g/mol. The lowest BCUT2D eigenvalue weighted by Crippen LogP contribution is -2.49. The molecular formula is C30H35ClFN5O4. The Labute approximate surface area is 243 Å². The van der Waals surface area contributed by atoms with Gasteiger partial charge in [-0.1, -0.05) is 11.6 Å². The number of benzene rings is 2. The van der Waals surface area contributed by atoms with Crippen LogP contribution in [0.15, 0.2) is 36.7 Å². The van der Waals surface area contributed by atoms with Gasteiger partial charge in [0.15, 0.2) is 11.5 Å². The van der Waals surface area contributed by atoms with Gasteiger partial charge in [-0.25, -0.2) is 14.4 Å². The second-order valence-corrected chi connectivity index (χ2v) is 11.4. The summed E-state index contributed by atoms with van der Waals surface area (Å²) in [5.41, 5.74) is 1.34. The van der Waals surface area contributed by atoms with E-state index in [9.17, 15) is 9.18 Å². The number of hydrogen-bond donors (Lipinski definition) is 1. The molecular weight excluding hydrogens is 549 g/mol. The molecule has 3 aromatic rings. The van der Waals surface area contributed by atoms with Crippen LogP contribution in [0.3, 0.4) is 0 Å². The molecule has 3 heterocycles. The third-order valence-corrected chi connectivity index (χ3v) is 8.33. The Hall–Kier alpha value is -3.21. The van der Waals surface area contributed by atoms with Gasteiger partial charge in [-0.05, 0) is 56.4 Å². The van der Waals surface area contributed by atoms with Gasteiger partial charge in [-0.2, -0.15) is 0 Å². The van der Waals surface area contributed by atoms with Crippen molar-refractivity contribution >= 4 is 40.0 Å². The van der Waals surface area contributed by atoms with Crippen molar-refractivity contribution in [2.24, 2.45) is 0 Å². The monoisotopic (exact) mass is 583 g/mol. The number of halogens is 2. The number of nitrogens with one attached hydrogen (secondary N) is 1. The first kappa shape index (κ1) is 27.9. The summed E-state index contributed by atoms with van der Waals surface area (Å²) in [7, 11) is 0. The smallest absolute Gasteiger partial charge is 0.306 e. The topological polar surface area (TPSA) is 89.1 Å². The van der Waals surface area contributed by atoms with Crippen molar-refractivity contribution in [3.05, 3.63) is 47.5 Å². The van der Waals surface area contributed by atoms with E-state index >= 15 is 0 Å². The Kier molecular flexibility index (Phi) is 8.69. The minimum Gasteiger partial charge on any atom is -0.488 e. The van der Waals surface area contributed by atoms with E-state index in [2.05, 4.69) is 25.1 Å². The first-order valence-corrected chi connectivity index (χ1v) is 14.8. The number of nitrogens with zero attached hydrogens (tertiary/aromatic N) is 4. The van der Waals surface area contributed by atoms with Gasteiger partial charge in [0.2, 0.25) is 0 Å². The van der Waals surface area contributed by atoms with Gasteiger partial charge in [0.25, 0.3) is 0 Å². The maximum absolute atomic E-state index is 13.7. The van der Waals surface area contributed by atoms with E-state index in [1.54, 1.807) is 6.07 Å². The maximum atomic E-state index is 13.7. The Morgan fingerprint density at radius 1 is 1.02 bits per heavy atom. The molecule has 218 valence electrons. The fraction of sp³-hybridized carbons (Fsp3) is 0.500. The Morgan fingerprint density at radius 2 is 1.83 bits per heavy atom. The zero-order valence-corrected chi connectivity index (χ0v) is 23.7. The first-order valence-electron chi connectivity index (χ1n) is 14.4. The lowest BCUT2D eigenvalue weighted by molar-refractivity contribution is -0.142. The van der Waals surface area contributed by atoms with Gasteiger partial charge in [-0.15, -0.1) is 0 Å². The normalized spacial score (nSPS) is 20.4. The molecule has 6 rings (SSSR count). The number of aromatic nitrogens is 2. The number of carbonyl (C=O) groups excluding carboxylic acids is 1. The van der Waals surface area contributed by atoms with Crippen molar-refractivity contribution in [2.75, 3.05) is 51.2 Å². The summed E-state index contributed by atoms with van der Waals surface area (Å²) < 4.78 is 31.8. The molecule has 2 saturated heterocycles. The van der Waals surface area contributed by atoms with E-state index in [1.165, 1.54) is 18.5 Å². The zero-order chi connectivity index (χ0) is 28.2. The van der Waals surface area contributed by atoms with Crippen molar-refractivity contribution in [3.8, 4) is 11.5 Å². The standard InChI is InChI=1S/C30H35ClFN5O4/c31-24-15-20(5-7-25(24)32)35-30-23-16-28(40-21-3-1-2-4-21)27(17-26(23)33-19-34-30)39-14-13-36-9-11-37(12-10-36)18-22-6-8-29(38)41-22/h5,7,15-17,19,21-22H,1-4,6,8-14,18H2,(H,33,34,35). The molecule has 2 aromatic carbocycles. The van der Waals surface area contributed by atoms with E-state index < -0.39 is 5.82 Å². The van der Waals surface area contributed by atoms with Crippen LogP contribution in [0.4, 0.5) is 15.9 Å². The van der Waals surface area contributed by atoms with Crippen LogP contribution in [-0.2, 0) is 9.53 Å². The molecule has 3 aliphatic rings. The summed E-state index contributed by atoms with van der Waals surface area (Å²) in [5, 5.41) is 4.05.